The molecule has 0 amide bonds. The summed E-state index contributed by atoms with van der Waals surface area (Å²) in [6.07, 6.45) is 4.25. The molecule has 0 radical (unpaired) electrons. The van der Waals surface area contributed by atoms with Crippen molar-refractivity contribution < 1.29 is 0 Å². The average molecular weight is 215 g/mol. The molecule has 1 rings (SSSR count). The highest BCUT2D eigenvalue weighted by molar-refractivity contribution is 8.00. The Morgan fingerprint density at radius 1 is 1.36 bits per heavy atom. The van der Waals surface area contributed by atoms with E-state index in [4.69, 9.17) is 0 Å². The molecule has 1 saturated heterocycles. The molecule has 0 aliphatic carbocycles. The van der Waals surface area contributed by atoms with Gasteiger partial charge in [0.05, 0.1) is 0 Å². The van der Waals surface area contributed by atoms with Crippen LogP contribution in [0.25, 0.3) is 0 Å². The van der Waals surface area contributed by atoms with E-state index in [1.165, 1.54) is 25.0 Å². The molecule has 2 heteroatoms. The molecule has 1 heterocycles. The Balaban J connectivity index is 2.56. The monoisotopic (exact) mass is 215 g/mol. The zero-order valence-corrected chi connectivity index (χ0v) is 10.9. The average Bonchev–Trinajstić information content (AvgIpc) is 2.14. The fourth-order valence-corrected chi connectivity index (χ4v) is 3.95. The van der Waals surface area contributed by atoms with Crippen LogP contribution in [0.5, 0.6) is 0 Å². The second kappa shape index (κ2) is 5.41. The maximum absolute atomic E-state index is 3.67. The number of hydrogen-bond donors (Lipinski definition) is 1. The third-order valence-electron chi connectivity index (χ3n) is 2.94. The first-order chi connectivity index (χ1) is 6.55. The van der Waals surface area contributed by atoms with Crippen molar-refractivity contribution in [2.45, 2.75) is 58.2 Å². The Morgan fingerprint density at radius 3 is 2.50 bits per heavy atom. The molecule has 84 valence electrons. The molecule has 1 N–H and O–H groups in total. The summed E-state index contributed by atoms with van der Waals surface area (Å²) in [7, 11) is 0. The van der Waals surface area contributed by atoms with Gasteiger partial charge in [0.2, 0.25) is 0 Å². The van der Waals surface area contributed by atoms with Gasteiger partial charge in [0.25, 0.3) is 0 Å². The fraction of sp³-hybridized carbons (Fsp3) is 1.00. The van der Waals surface area contributed by atoms with Gasteiger partial charge in [0.15, 0.2) is 0 Å². The van der Waals surface area contributed by atoms with Crippen LogP contribution in [0.3, 0.4) is 0 Å². The summed E-state index contributed by atoms with van der Waals surface area (Å²) in [6, 6.07) is 0.679. The largest absolute Gasteiger partial charge is 0.313 e. The lowest BCUT2D eigenvalue weighted by Gasteiger charge is -2.39. The van der Waals surface area contributed by atoms with Gasteiger partial charge < -0.3 is 5.32 Å². The van der Waals surface area contributed by atoms with Crippen LogP contribution in [0.15, 0.2) is 0 Å². The summed E-state index contributed by atoms with van der Waals surface area (Å²) < 4.78 is 0. The van der Waals surface area contributed by atoms with E-state index in [1.807, 2.05) is 0 Å². The van der Waals surface area contributed by atoms with Crippen molar-refractivity contribution in [3.63, 3.8) is 0 Å². The van der Waals surface area contributed by atoms with Gasteiger partial charge in [-0.3, -0.25) is 0 Å². The van der Waals surface area contributed by atoms with Crippen molar-refractivity contribution in [1.82, 2.24) is 5.32 Å². The maximum Gasteiger partial charge on any atom is 0.0234 e. The molecule has 0 aromatic carbocycles. The standard InChI is InChI=1S/C12H25NS/c1-5-13-11(12(2,3)4)10-8-6-7-9-14-10/h10-11,13H,5-9H2,1-4H3. The lowest BCUT2D eigenvalue weighted by molar-refractivity contribution is 0.257. The van der Waals surface area contributed by atoms with E-state index >= 15 is 0 Å². The second-order valence-corrected chi connectivity index (χ2v) is 6.65. The van der Waals surface area contributed by atoms with Gasteiger partial charge in [0.1, 0.15) is 0 Å². The molecule has 14 heavy (non-hydrogen) atoms. The Hall–Kier alpha value is 0.310. The van der Waals surface area contributed by atoms with E-state index in [2.05, 4.69) is 44.8 Å². The Morgan fingerprint density at radius 2 is 2.07 bits per heavy atom. The molecule has 1 aliphatic heterocycles. The maximum atomic E-state index is 3.67. The number of rotatable bonds is 3. The highest BCUT2D eigenvalue weighted by atomic mass is 32.2. The zero-order chi connectivity index (χ0) is 10.6. The molecule has 0 aromatic heterocycles. The summed E-state index contributed by atoms with van der Waals surface area (Å²) in [4.78, 5) is 0. The predicted molar refractivity (Wildman–Crippen MR) is 67.0 cm³/mol. The third kappa shape index (κ3) is 3.47. The van der Waals surface area contributed by atoms with Crippen LogP contribution < -0.4 is 5.32 Å². The highest BCUT2D eigenvalue weighted by Gasteiger charge is 2.32. The first kappa shape index (κ1) is 12.4. The fourth-order valence-electron chi connectivity index (χ4n) is 2.24. The quantitative estimate of drug-likeness (QED) is 0.775. The van der Waals surface area contributed by atoms with Gasteiger partial charge in [-0.2, -0.15) is 11.8 Å². The highest BCUT2D eigenvalue weighted by Crippen LogP contribution is 2.34. The van der Waals surface area contributed by atoms with Crippen molar-refractivity contribution in [3.05, 3.63) is 0 Å². The summed E-state index contributed by atoms with van der Waals surface area (Å²) in [5.41, 5.74) is 0.394. The molecule has 1 nitrogen and oxygen atoms in total. The number of hydrogen-bond acceptors (Lipinski definition) is 2. The van der Waals surface area contributed by atoms with Crippen molar-refractivity contribution in [3.8, 4) is 0 Å². The first-order valence-corrected chi connectivity index (χ1v) is 6.95. The van der Waals surface area contributed by atoms with Crippen LogP contribution >= 0.6 is 11.8 Å². The van der Waals surface area contributed by atoms with Crippen molar-refractivity contribution >= 4 is 11.8 Å². The second-order valence-electron chi connectivity index (χ2n) is 5.31. The first-order valence-electron chi connectivity index (χ1n) is 5.90. The Kier molecular flexibility index (Phi) is 4.78. The summed E-state index contributed by atoms with van der Waals surface area (Å²) >= 11 is 2.18. The molecule has 2 unspecified atom stereocenters. The summed E-state index contributed by atoms with van der Waals surface area (Å²) in [6.45, 7) is 10.4. The molecule has 1 aliphatic rings. The van der Waals surface area contributed by atoms with Crippen LogP contribution in [0.4, 0.5) is 0 Å². The van der Waals surface area contributed by atoms with Crippen LogP contribution in [0.2, 0.25) is 0 Å². The number of thioether (sulfide) groups is 1. The summed E-state index contributed by atoms with van der Waals surface area (Å²) in [5.74, 6) is 1.36. The van der Waals surface area contributed by atoms with Gasteiger partial charge in [-0.15, -0.1) is 0 Å². The molecule has 1 fully saturated rings. The van der Waals surface area contributed by atoms with E-state index in [0.29, 0.717) is 11.5 Å². The molecule has 0 spiro atoms. The smallest absolute Gasteiger partial charge is 0.0234 e. The number of nitrogens with one attached hydrogen (secondary N) is 1. The van der Waals surface area contributed by atoms with Crippen molar-refractivity contribution in [1.29, 1.82) is 0 Å². The molecule has 0 saturated carbocycles. The lowest BCUT2D eigenvalue weighted by Crippen LogP contribution is -2.48. The topological polar surface area (TPSA) is 12.0 Å². The van der Waals surface area contributed by atoms with E-state index in [1.54, 1.807) is 0 Å². The lowest BCUT2D eigenvalue weighted by atomic mass is 9.83. The minimum atomic E-state index is 0.394. The van der Waals surface area contributed by atoms with Crippen LogP contribution in [0, 0.1) is 5.41 Å². The zero-order valence-electron chi connectivity index (χ0n) is 10.1. The minimum absolute atomic E-state index is 0.394. The normalized spacial score (nSPS) is 26.1. The van der Waals surface area contributed by atoms with Crippen LogP contribution in [-0.4, -0.2) is 23.6 Å². The van der Waals surface area contributed by atoms with Crippen LogP contribution in [-0.2, 0) is 0 Å². The summed E-state index contributed by atoms with van der Waals surface area (Å²) in [5, 5.41) is 4.51. The SMILES string of the molecule is CCNC(C1CCCCS1)C(C)(C)C. The van der Waals surface area contributed by atoms with Gasteiger partial charge in [-0.25, -0.2) is 0 Å². The molecule has 0 aromatic rings. The molecule has 0 bridgehead atoms. The third-order valence-corrected chi connectivity index (χ3v) is 4.40. The Labute approximate surface area is 93.4 Å². The predicted octanol–water partition coefficient (Wildman–Crippen LogP) is 3.30. The van der Waals surface area contributed by atoms with Gasteiger partial charge in [-0.05, 0) is 30.6 Å². The van der Waals surface area contributed by atoms with Gasteiger partial charge in [0, 0.05) is 11.3 Å². The molecule has 2 atom stereocenters. The van der Waals surface area contributed by atoms with Gasteiger partial charge in [-0.1, -0.05) is 34.1 Å². The van der Waals surface area contributed by atoms with E-state index in [0.717, 1.165) is 11.8 Å². The molecular weight excluding hydrogens is 190 g/mol. The van der Waals surface area contributed by atoms with Crippen LogP contribution in [0.1, 0.15) is 47.0 Å². The Bertz CT molecular complexity index is 156. The van der Waals surface area contributed by atoms with E-state index in [-0.39, 0.29) is 0 Å². The van der Waals surface area contributed by atoms with E-state index < -0.39 is 0 Å². The minimum Gasteiger partial charge on any atom is -0.313 e. The van der Waals surface area contributed by atoms with E-state index in [9.17, 15) is 0 Å². The van der Waals surface area contributed by atoms with Crippen molar-refractivity contribution in [2.75, 3.05) is 12.3 Å². The molecular formula is C12H25NS. The van der Waals surface area contributed by atoms with Crippen molar-refractivity contribution in [2.24, 2.45) is 5.41 Å². The van der Waals surface area contributed by atoms with Gasteiger partial charge >= 0.3 is 0 Å².